The largest absolute Gasteiger partial charge is 0.504 e. The van der Waals surface area contributed by atoms with Crippen molar-refractivity contribution >= 4 is 0 Å². The molecule has 0 saturated heterocycles. The molecule has 18 heavy (non-hydrogen) atoms. The van der Waals surface area contributed by atoms with Gasteiger partial charge in [-0.25, -0.2) is 4.68 Å². The van der Waals surface area contributed by atoms with Crippen LogP contribution in [-0.4, -0.2) is 14.9 Å². The first-order valence-electron chi connectivity index (χ1n) is 6.17. The Hall–Kier alpha value is -1.77. The summed E-state index contributed by atoms with van der Waals surface area (Å²) in [4.78, 5) is 0. The van der Waals surface area contributed by atoms with Crippen LogP contribution in [0.3, 0.4) is 0 Å². The van der Waals surface area contributed by atoms with Crippen molar-refractivity contribution in [3.05, 3.63) is 41.2 Å². The summed E-state index contributed by atoms with van der Waals surface area (Å²) in [5, 5.41) is 14.7. The van der Waals surface area contributed by atoms with Crippen LogP contribution in [0.5, 0.6) is 5.75 Å². The summed E-state index contributed by atoms with van der Waals surface area (Å²) in [5.74, 6) is 0.297. The Bertz CT molecular complexity index is 577. The molecule has 0 atom stereocenters. The van der Waals surface area contributed by atoms with Gasteiger partial charge in [-0.05, 0) is 25.5 Å². The zero-order valence-electron chi connectivity index (χ0n) is 11.7. The topological polar surface area (TPSA) is 38.0 Å². The molecule has 1 aromatic heterocycles. The fraction of sp³-hybridized carbons (Fsp3) is 0.400. The molecule has 1 heterocycles. The second-order valence-corrected chi connectivity index (χ2v) is 5.73. The minimum Gasteiger partial charge on any atom is -0.504 e. The third kappa shape index (κ3) is 2.01. The van der Waals surface area contributed by atoms with Gasteiger partial charge in [0.1, 0.15) is 5.69 Å². The Morgan fingerprint density at radius 2 is 1.72 bits per heavy atom. The number of hydrogen-bond acceptors (Lipinski definition) is 2. The smallest absolute Gasteiger partial charge is 0.160 e. The highest BCUT2D eigenvalue weighted by molar-refractivity contribution is 5.46. The Morgan fingerprint density at radius 1 is 1.11 bits per heavy atom. The van der Waals surface area contributed by atoms with E-state index in [0.29, 0.717) is 11.4 Å². The van der Waals surface area contributed by atoms with Gasteiger partial charge in [0, 0.05) is 5.41 Å². The Kier molecular flexibility index (Phi) is 2.93. The van der Waals surface area contributed by atoms with Gasteiger partial charge < -0.3 is 5.11 Å². The van der Waals surface area contributed by atoms with Crippen molar-refractivity contribution in [1.82, 2.24) is 9.78 Å². The SMILES string of the molecule is Cc1ccccc1-n1nc(C)c(O)c1C(C)(C)C. The fourth-order valence-corrected chi connectivity index (χ4v) is 2.17. The van der Waals surface area contributed by atoms with E-state index in [9.17, 15) is 5.11 Å². The predicted molar refractivity (Wildman–Crippen MR) is 73.4 cm³/mol. The Morgan fingerprint density at radius 3 is 2.28 bits per heavy atom. The number of hydrogen-bond donors (Lipinski definition) is 1. The molecule has 0 aliphatic rings. The van der Waals surface area contributed by atoms with E-state index in [1.54, 1.807) is 0 Å². The number of benzene rings is 1. The van der Waals surface area contributed by atoms with Crippen molar-refractivity contribution in [2.45, 2.75) is 40.0 Å². The van der Waals surface area contributed by atoms with E-state index < -0.39 is 0 Å². The molecule has 0 bridgehead atoms. The lowest BCUT2D eigenvalue weighted by Crippen LogP contribution is -2.18. The molecule has 0 amide bonds. The van der Waals surface area contributed by atoms with Crippen LogP contribution in [0, 0.1) is 13.8 Å². The molecule has 0 radical (unpaired) electrons. The number of rotatable bonds is 1. The number of aromatic hydroxyl groups is 1. The average molecular weight is 244 g/mol. The highest BCUT2D eigenvalue weighted by Crippen LogP contribution is 2.35. The molecule has 1 aromatic carbocycles. The van der Waals surface area contributed by atoms with Crippen molar-refractivity contribution in [2.75, 3.05) is 0 Å². The van der Waals surface area contributed by atoms with E-state index >= 15 is 0 Å². The fourth-order valence-electron chi connectivity index (χ4n) is 2.17. The number of aromatic nitrogens is 2. The molecule has 2 aromatic rings. The maximum atomic E-state index is 10.2. The lowest BCUT2D eigenvalue weighted by Gasteiger charge is -2.21. The van der Waals surface area contributed by atoms with Gasteiger partial charge in [0.15, 0.2) is 5.75 Å². The van der Waals surface area contributed by atoms with E-state index in [-0.39, 0.29) is 5.41 Å². The molecule has 1 N–H and O–H groups in total. The van der Waals surface area contributed by atoms with Crippen molar-refractivity contribution in [2.24, 2.45) is 0 Å². The van der Waals surface area contributed by atoms with Gasteiger partial charge >= 0.3 is 0 Å². The van der Waals surface area contributed by atoms with Crippen LogP contribution in [0.4, 0.5) is 0 Å². The molecule has 2 rings (SSSR count). The van der Waals surface area contributed by atoms with Gasteiger partial charge in [0.2, 0.25) is 0 Å². The van der Waals surface area contributed by atoms with Gasteiger partial charge in [0.25, 0.3) is 0 Å². The molecule has 96 valence electrons. The minimum atomic E-state index is -0.159. The summed E-state index contributed by atoms with van der Waals surface area (Å²) in [5.41, 5.74) is 3.53. The monoisotopic (exact) mass is 244 g/mol. The number of aryl methyl sites for hydroxylation is 2. The highest BCUT2D eigenvalue weighted by Gasteiger charge is 2.27. The lowest BCUT2D eigenvalue weighted by atomic mass is 9.91. The van der Waals surface area contributed by atoms with E-state index in [4.69, 9.17) is 0 Å². The average Bonchev–Trinajstić information content (AvgIpc) is 2.55. The molecule has 3 nitrogen and oxygen atoms in total. The van der Waals surface area contributed by atoms with Crippen LogP contribution in [0.2, 0.25) is 0 Å². The summed E-state index contributed by atoms with van der Waals surface area (Å²) < 4.78 is 1.86. The van der Waals surface area contributed by atoms with Gasteiger partial charge in [-0.2, -0.15) is 5.10 Å². The molecule has 0 fully saturated rings. The maximum absolute atomic E-state index is 10.2. The van der Waals surface area contributed by atoms with E-state index in [1.807, 2.05) is 29.8 Å². The molecule has 0 aliphatic heterocycles. The van der Waals surface area contributed by atoms with Crippen molar-refractivity contribution in [3.63, 3.8) is 0 Å². The van der Waals surface area contributed by atoms with E-state index in [0.717, 1.165) is 16.9 Å². The van der Waals surface area contributed by atoms with E-state index in [2.05, 4.69) is 38.9 Å². The summed E-state index contributed by atoms with van der Waals surface area (Å²) >= 11 is 0. The first-order chi connectivity index (χ1) is 8.32. The van der Waals surface area contributed by atoms with Crippen molar-refractivity contribution in [1.29, 1.82) is 0 Å². The van der Waals surface area contributed by atoms with Crippen LogP contribution in [0.15, 0.2) is 24.3 Å². The highest BCUT2D eigenvalue weighted by atomic mass is 16.3. The molecule has 0 aliphatic carbocycles. The molecular weight excluding hydrogens is 224 g/mol. The minimum absolute atomic E-state index is 0.159. The van der Waals surface area contributed by atoms with E-state index in [1.165, 1.54) is 0 Å². The summed E-state index contributed by atoms with van der Waals surface area (Å²) in [6.45, 7) is 10.1. The predicted octanol–water partition coefficient (Wildman–Crippen LogP) is 3.49. The third-order valence-electron chi connectivity index (χ3n) is 3.08. The van der Waals surface area contributed by atoms with Gasteiger partial charge in [-0.3, -0.25) is 0 Å². The van der Waals surface area contributed by atoms with Crippen LogP contribution < -0.4 is 0 Å². The maximum Gasteiger partial charge on any atom is 0.160 e. The second kappa shape index (κ2) is 4.16. The number of nitrogens with zero attached hydrogens (tertiary/aromatic N) is 2. The first-order valence-corrected chi connectivity index (χ1v) is 6.17. The molecule has 3 heteroatoms. The van der Waals surface area contributed by atoms with Gasteiger partial charge in [-0.1, -0.05) is 39.0 Å². The summed E-state index contributed by atoms with van der Waals surface area (Å²) in [6.07, 6.45) is 0. The molecule has 0 saturated carbocycles. The van der Waals surface area contributed by atoms with Crippen LogP contribution in [0.25, 0.3) is 5.69 Å². The molecular formula is C15H20N2O. The zero-order valence-corrected chi connectivity index (χ0v) is 11.7. The van der Waals surface area contributed by atoms with Crippen molar-refractivity contribution in [3.8, 4) is 11.4 Å². The number of para-hydroxylation sites is 1. The molecule has 0 spiro atoms. The van der Waals surface area contributed by atoms with Crippen LogP contribution in [0.1, 0.15) is 37.7 Å². The first kappa shape index (κ1) is 12.7. The Balaban J connectivity index is 2.73. The lowest BCUT2D eigenvalue weighted by molar-refractivity contribution is 0.436. The second-order valence-electron chi connectivity index (χ2n) is 5.73. The summed E-state index contributed by atoms with van der Waals surface area (Å²) in [6, 6.07) is 8.07. The van der Waals surface area contributed by atoms with Gasteiger partial charge in [-0.15, -0.1) is 0 Å². The normalized spacial score (nSPS) is 11.8. The Labute approximate surface area is 108 Å². The van der Waals surface area contributed by atoms with Crippen LogP contribution in [-0.2, 0) is 5.41 Å². The van der Waals surface area contributed by atoms with Crippen molar-refractivity contribution < 1.29 is 5.11 Å². The third-order valence-corrected chi connectivity index (χ3v) is 3.08. The summed E-state index contributed by atoms with van der Waals surface area (Å²) in [7, 11) is 0. The van der Waals surface area contributed by atoms with Gasteiger partial charge in [0.05, 0.1) is 11.4 Å². The molecule has 0 unspecified atom stereocenters. The zero-order chi connectivity index (χ0) is 13.5. The standard InChI is InChI=1S/C15H20N2O/c1-10-8-6-7-9-12(10)17-14(15(3,4)5)13(18)11(2)16-17/h6-9,18H,1-5H3. The van der Waals surface area contributed by atoms with Crippen LogP contribution >= 0.6 is 0 Å². The quantitative estimate of drug-likeness (QED) is 0.833.